The third-order valence-corrected chi connectivity index (χ3v) is 4.48. The lowest BCUT2D eigenvalue weighted by atomic mass is 10.2. The van der Waals surface area contributed by atoms with Crippen LogP contribution in [0.2, 0.25) is 0 Å². The molecule has 0 atom stereocenters. The first kappa shape index (κ1) is 22.1. The van der Waals surface area contributed by atoms with Gasteiger partial charge in [0.25, 0.3) is 0 Å². The second-order valence-corrected chi connectivity index (χ2v) is 6.33. The van der Waals surface area contributed by atoms with Crippen LogP contribution in [0.15, 0.2) is 58.1 Å². The number of halogens is 1. The highest BCUT2D eigenvalue weighted by Gasteiger charge is 2.20. The molecule has 7 nitrogen and oxygen atoms in total. The van der Waals surface area contributed by atoms with E-state index in [1.165, 1.54) is 5.69 Å². The lowest BCUT2D eigenvalue weighted by molar-refractivity contribution is -0.129. The average molecular weight is 497 g/mol. The molecule has 1 aliphatic rings. The fourth-order valence-electron chi connectivity index (χ4n) is 3.03. The molecule has 0 spiro atoms. The molecule has 0 unspecified atom stereocenters. The molecule has 1 aliphatic heterocycles. The molecule has 1 fully saturated rings. The Hall–Kier alpha value is -2.23. The molecule has 0 radical (unpaired) electrons. The minimum absolute atomic E-state index is 0. The van der Waals surface area contributed by atoms with E-state index >= 15 is 0 Å². The number of para-hydroxylation sites is 1. The van der Waals surface area contributed by atoms with Gasteiger partial charge in [-0.1, -0.05) is 18.2 Å². The molecule has 28 heavy (non-hydrogen) atoms. The molecule has 2 heterocycles. The van der Waals surface area contributed by atoms with Gasteiger partial charge in [0.05, 0.1) is 12.8 Å². The van der Waals surface area contributed by atoms with Crippen molar-refractivity contribution in [3.63, 3.8) is 0 Å². The SMILES string of the molecule is CCNC(=NCC(=O)N1CCN(c2ccccc2)CC1)NCc1ccco1.I. The molecule has 8 heteroatoms. The Balaban J connectivity index is 0.00000280. The number of nitrogens with one attached hydrogen (secondary N) is 2. The molecule has 0 saturated carbocycles. The van der Waals surface area contributed by atoms with Crippen LogP contribution in [0, 0.1) is 0 Å². The number of anilines is 1. The quantitative estimate of drug-likeness (QED) is 0.364. The lowest BCUT2D eigenvalue weighted by Gasteiger charge is -2.36. The van der Waals surface area contributed by atoms with E-state index in [1.54, 1.807) is 6.26 Å². The maximum Gasteiger partial charge on any atom is 0.244 e. The highest BCUT2D eigenvalue weighted by atomic mass is 127. The first-order valence-electron chi connectivity index (χ1n) is 9.38. The van der Waals surface area contributed by atoms with E-state index in [0.29, 0.717) is 12.5 Å². The number of hydrogen-bond acceptors (Lipinski definition) is 4. The van der Waals surface area contributed by atoms with Gasteiger partial charge in [-0.05, 0) is 31.2 Å². The third kappa shape index (κ3) is 6.43. The number of carbonyl (C=O) groups is 1. The highest BCUT2D eigenvalue weighted by Crippen LogP contribution is 2.15. The summed E-state index contributed by atoms with van der Waals surface area (Å²) in [6.07, 6.45) is 1.64. The van der Waals surface area contributed by atoms with Gasteiger partial charge in [-0.2, -0.15) is 0 Å². The van der Waals surface area contributed by atoms with Crippen LogP contribution in [0.3, 0.4) is 0 Å². The van der Waals surface area contributed by atoms with Crippen LogP contribution >= 0.6 is 24.0 Å². The number of guanidine groups is 1. The number of nitrogens with zero attached hydrogens (tertiary/aromatic N) is 3. The molecule has 0 aliphatic carbocycles. The second-order valence-electron chi connectivity index (χ2n) is 6.33. The molecule has 1 aromatic heterocycles. The average Bonchev–Trinajstić information content (AvgIpc) is 3.24. The van der Waals surface area contributed by atoms with Crippen molar-refractivity contribution in [2.24, 2.45) is 4.99 Å². The fourth-order valence-corrected chi connectivity index (χ4v) is 3.03. The van der Waals surface area contributed by atoms with Gasteiger partial charge < -0.3 is 24.9 Å². The van der Waals surface area contributed by atoms with Crippen molar-refractivity contribution in [1.82, 2.24) is 15.5 Å². The van der Waals surface area contributed by atoms with Gasteiger partial charge in [0, 0.05) is 38.4 Å². The van der Waals surface area contributed by atoms with Crippen molar-refractivity contribution in [3.8, 4) is 0 Å². The van der Waals surface area contributed by atoms with E-state index in [0.717, 1.165) is 38.5 Å². The van der Waals surface area contributed by atoms with Gasteiger partial charge in [0.1, 0.15) is 12.3 Å². The van der Waals surface area contributed by atoms with Gasteiger partial charge in [0.2, 0.25) is 5.91 Å². The van der Waals surface area contributed by atoms with Crippen molar-refractivity contribution < 1.29 is 9.21 Å². The summed E-state index contributed by atoms with van der Waals surface area (Å²) < 4.78 is 5.30. The number of benzene rings is 1. The predicted molar refractivity (Wildman–Crippen MR) is 122 cm³/mol. The molecule has 2 aromatic rings. The Labute approximate surface area is 183 Å². The first-order chi connectivity index (χ1) is 13.3. The summed E-state index contributed by atoms with van der Waals surface area (Å²) in [7, 11) is 0. The zero-order chi connectivity index (χ0) is 18.9. The van der Waals surface area contributed by atoms with E-state index in [9.17, 15) is 4.79 Å². The van der Waals surface area contributed by atoms with E-state index in [1.807, 2.05) is 42.2 Å². The molecule has 1 saturated heterocycles. The number of hydrogen-bond donors (Lipinski definition) is 2. The number of rotatable bonds is 6. The smallest absolute Gasteiger partial charge is 0.244 e. The molecule has 1 amide bonds. The number of amides is 1. The Morgan fingerprint density at radius 1 is 1.07 bits per heavy atom. The largest absolute Gasteiger partial charge is 0.467 e. The molecular formula is C20H28IN5O2. The van der Waals surface area contributed by atoms with E-state index in [-0.39, 0.29) is 36.4 Å². The van der Waals surface area contributed by atoms with Gasteiger partial charge in [-0.3, -0.25) is 4.79 Å². The van der Waals surface area contributed by atoms with Crippen LogP contribution in [-0.4, -0.2) is 56.0 Å². The Kier molecular flexibility index (Phi) is 9.12. The van der Waals surface area contributed by atoms with Gasteiger partial charge >= 0.3 is 0 Å². The first-order valence-corrected chi connectivity index (χ1v) is 9.38. The minimum Gasteiger partial charge on any atom is -0.467 e. The minimum atomic E-state index is 0. The number of aliphatic imine (C=N–C) groups is 1. The Bertz CT molecular complexity index is 728. The highest BCUT2D eigenvalue weighted by molar-refractivity contribution is 14.0. The maximum atomic E-state index is 12.5. The van der Waals surface area contributed by atoms with Crippen molar-refractivity contribution in [1.29, 1.82) is 0 Å². The van der Waals surface area contributed by atoms with E-state index in [2.05, 4.69) is 32.7 Å². The summed E-state index contributed by atoms with van der Waals surface area (Å²) in [5, 5.41) is 6.33. The van der Waals surface area contributed by atoms with E-state index < -0.39 is 0 Å². The van der Waals surface area contributed by atoms with Crippen LogP contribution < -0.4 is 15.5 Å². The monoisotopic (exact) mass is 497 g/mol. The zero-order valence-corrected chi connectivity index (χ0v) is 18.5. The molecule has 1 aromatic carbocycles. The van der Waals surface area contributed by atoms with Crippen molar-refractivity contribution in [3.05, 3.63) is 54.5 Å². The standard InChI is InChI=1S/C20H27N5O2.HI/c1-2-21-20(22-15-18-9-6-14-27-18)23-16-19(26)25-12-10-24(11-13-25)17-7-4-3-5-8-17;/h3-9,14H,2,10-13,15-16H2,1H3,(H2,21,22,23);1H. The summed E-state index contributed by atoms with van der Waals surface area (Å²) in [6.45, 7) is 6.52. The summed E-state index contributed by atoms with van der Waals surface area (Å²) >= 11 is 0. The maximum absolute atomic E-state index is 12.5. The fraction of sp³-hybridized carbons (Fsp3) is 0.400. The van der Waals surface area contributed by atoms with Gasteiger partial charge in [-0.15, -0.1) is 24.0 Å². The Morgan fingerprint density at radius 2 is 1.82 bits per heavy atom. The van der Waals surface area contributed by atoms with Crippen LogP contribution in [0.25, 0.3) is 0 Å². The van der Waals surface area contributed by atoms with Crippen LogP contribution in [-0.2, 0) is 11.3 Å². The molecule has 3 rings (SSSR count). The van der Waals surface area contributed by atoms with Gasteiger partial charge in [0.15, 0.2) is 5.96 Å². The van der Waals surface area contributed by atoms with Crippen molar-refractivity contribution in [2.45, 2.75) is 13.5 Å². The summed E-state index contributed by atoms with van der Waals surface area (Å²) in [4.78, 5) is 21.1. The van der Waals surface area contributed by atoms with E-state index in [4.69, 9.17) is 4.42 Å². The van der Waals surface area contributed by atoms with Crippen LogP contribution in [0.1, 0.15) is 12.7 Å². The van der Waals surface area contributed by atoms with Crippen molar-refractivity contribution >= 4 is 41.5 Å². The Morgan fingerprint density at radius 3 is 2.46 bits per heavy atom. The summed E-state index contributed by atoms with van der Waals surface area (Å²) in [5.74, 6) is 1.49. The molecule has 152 valence electrons. The van der Waals surface area contributed by atoms with Crippen LogP contribution in [0.4, 0.5) is 5.69 Å². The third-order valence-electron chi connectivity index (χ3n) is 4.48. The predicted octanol–water partition coefficient (Wildman–Crippen LogP) is 2.30. The van der Waals surface area contributed by atoms with Crippen molar-refractivity contribution in [2.75, 3.05) is 44.2 Å². The summed E-state index contributed by atoms with van der Waals surface area (Å²) in [5.41, 5.74) is 1.21. The molecular weight excluding hydrogens is 469 g/mol. The second kappa shape index (κ2) is 11.6. The van der Waals surface area contributed by atoms with Gasteiger partial charge in [-0.25, -0.2) is 4.99 Å². The topological polar surface area (TPSA) is 73.1 Å². The van der Waals surface area contributed by atoms with Crippen LogP contribution in [0.5, 0.6) is 0 Å². The molecule has 0 bridgehead atoms. The molecule has 2 N–H and O–H groups in total. The lowest BCUT2D eigenvalue weighted by Crippen LogP contribution is -2.49. The number of carbonyl (C=O) groups excluding carboxylic acids is 1. The normalized spacial score (nSPS) is 14.4. The number of furan rings is 1. The number of piperazine rings is 1. The zero-order valence-electron chi connectivity index (χ0n) is 16.1. The summed E-state index contributed by atoms with van der Waals surface area (Å²) in [6, 6.07) is 14.1.